The quantitative estimate of drug-likeness (QED) is 0.816. The summed E-state index contributed by atoms with van der Waals surface area (Å²) in [5, 5.41) is 2.61. The highest BCUT2D eigenvalue weighted by molar-refractivity contribution is 5.67. The second-order valence-electron chi connectivity index (χ2n) is 4.29. The summed E-state index contributed by atoms with van der Waals surface area (Å²) < 4.78 is 22.7. The normalized spacial score (nSPS) is 22.0. The van der Waals surface area contributed by atoms with E-state index >= 15 is 0 Å². The van der Waals surface area contributed by atoms with Crippen molar-refractivity contribution in [2.45, 2.75) is 19.1 Å². The number of amides is 1. The van der Waals surface area contributed by atoms with E-state index in [9.17, 15) is 9.18 Å². The maximum atomic E-state index is 12.6. The van der Waals surface area contributed by atoms with Crippen LogP contribution in [0.2, 0.25) is 0 Å². The van der Waals surface area contributed by atoms with Crippen LogP contribution in [0.5, 0.6) is 0 Å². The number of halogens is 1. The fourth-order valence-electron chi connectivity index (χ4n) is 1.26. The highest BCUT2D eigenvalue weighted by Gasteiger charge is 2.39. The summed E-state index contributed by atoms with van der Waals surface area (Å²) in [4.78, 5) is 11.3. The molecule has 4 nitrogen and oxygen atoms in total. The Kier molecular flexibility index (Phi) is 3.28. The lowest BCUT2D eigenvalue weighted by molar-refractivity contribution is 0.136. The lowest BCUT2D eigenvalue weighted by atomic mass is 10.2. The van der Waals surface area contributed by atoms with Gasteiger partial charge in [0.05, 0.1) is 13.2 Å². The SMILES string of the molecule is CC1(CNC(=O)OCc2ccc(F)cc2)CO1. The third-order valence-corrected chi connectivity index (χ3v) is 2.53. The van der Waals surface area contributed by atoms with Crippen LogP contribution in [0, 0.1) is 5.82 Å². The summed E-state index contributed by atoms with van der Waals surface area (Å²) in [5.41, 5.74) is 0.518. The molecule has 0 spiro atoms. The van der Waals surface area contributed by atoms with Crippen molar-refractivity contribution < 1.29 is 18.7 Å². The Morgan fingerprint density at radius 2 is 2.18 bits per heavy atom. The standard InChI is InChI=1S/C12H14FNO3/c1-12(8-17-12)7-14-11(15)16-6-9-2-4-10(13)5-3-9/h2-5H,6-8H2,1H3,(H,14,15). The molecule has 0 bridgehead atoms. The number of hydrogen-bond acceptors (Lipinski definition) is 3. The average Bonchev–Trinajstić information content (AvgIpc) is 3.05. The summed E-state index contributed by atoms with van der Waals surface area (Å²) in [7, 11) is 0. The van der Waals surface area contributed by atoms with Crippen LogP contribution in [0.1, 0.15) is 12.5 Å². The predicted octanol–water partition coefficient (Wildman–Crippen LogP) is 1.84. The van der Waals surface area contributed by atoms with Crippen LogP contribution in [0.25, 0.3) is 0 Å². The summed E-state index contributed by atoms with van der Waals surface area (Å²) in [6.45, 7) is 3.14. The smallest absolute Gasteiger partial charge is 0.407 e. The second-order valence-corrected chi connectivity index (χ2v) is 4.29. The van der Waals surface area contributed by atoms with E-state index in [2.05, 4.69) is 5.32 Å². The molecule has 92 valence electrons. The third kappa shape index (κ3) is 3.71. The Bertz CT molecular complexity index is 401. The van der Waals surface area contributed by atoms with Crippen LogP contribution >= 0.6 is 0 Å². The van der Waals surface area contributed by atoms with E-state index in [4.69, 9.17) is 9.47 Å². The molecular weight excluding hydrogens is 225 g/mol. The van der Waals surface area contributed by atoms with Crippen LogP contribution in [0.3, 0.4) is 0 Å². The molecule has 1 amide bonds. The van der Waals surface area contributed by atoms with Crippen molar-refractivity contribution in [3.8, 4) is 0 Å². The van der Waals surface area contributed by atoms with Crippen molar-refractivity contribution in [2.24, 2.45) is 0 Å². The number of hydrogen-bond donors (Lipinski definition) is 1. The van der Waals surface area contributed by atoms with Crippen molar-refractivity contribution in [3.05, 3.63) is 35.6 Å². The number of epoxide rings is 1. The first-order valence-corrected chi connectivity index (χ1v) is 5.36. The summed E-state index contributed by atoms with van der Waals surface area (Å²) >= 11 is 0. The van der Waals surface area contributed by atoms with Crippen LogP contribution < -0.4 is 5.32 Å². The molecule has 17 heavy (non-hydrogen) atoms. The fraction of sp³-hybridized carbons (Fsp3) is 0.417. The molecule has 1 aromatic carbocycles. The molecule has 1 heterocycles. The zero-order valence-electron chi connectivity index (χ0n) is 9.53. The van der Waals surface area contributed by atoms with Crippen molar-refractivity contribution >= 4 is 6.09 Å². The minimum atomic E-state index is -0.494. The maximum absolute atomic E-state index is 12.6. The number of carbonyl (C=O) groups is 1. The van der Waals surface area contributed by atoms with Gasteiger partial charge in [-0.05, 0) is 24.6 Å². The van der Waals surface area contributed by atoms with E-state index in [1.807, 2.05) is 6.92 Å². The average molecular weight is 239 g/mol. The predicted molar refractivity (Wildman–Crippen MR) is 58.9 cm³/mol. The monoisotopic (exact) mass is 239 g/mol. The van der Waals surface area contributed by atoms with Crippen molar-refractivity contribution in [2.75, 3.05) is 13.2 Å². The zero-order chi connectivity index (χ0) is 12.3. The van der Waals surface area contributed by atoms with Gasteiger partial charge in [0.15, 0.2) is 0 Å². The topological polar surface area (TPSA) is 50.9 Å². The Morgan fingerprint density at radius 1 is 1.53 bits per heavy atom. The molecule has 1 aliphatic heterocycles. The van der Waals surface area contributed by atoms with Gasteiger partial charge in [-0.3, -0.25) is 0 Å². The largest absolute Gasteiger partial charge is 0.445 e. The lowest BCUT2D eigenvalue weighted by Crippen LogP contribution is -2.32. The Morgan fingerprint density at radius 3 is 2.76 bits per heavy atom. The van der Waals surface area contributed by atoms with E-state index in [0.717, 1.165) is 5.56 Å². The zero-order valence-corrected chi connectivity index (χ0v) is 9.53. The molecule has 0 saturated carbocycles. The van der Waals surface area contributed by atoms with Gasteiger partial charge in [-0.1, -0.05) is 12.1 Å². The first-order valence-electron chi connectivity index (χ1n) is 5.36. The molecule has 0 aromatic heterocycles. The molecule has 1 aromatic rings. The summed E-state index contributed by atoms with van der Waals surface area (Å²) in [6.07, 6.45) is -0.494. The van der Waals surface area contributed by atoms with Crippen LogP contribution in [0.15, 0.2) is 24.3 Å². The number of alkyl carbamates (subject to hydrolysis) is 1. The highest BCUT2D eigenvalue weighted by Crippen LogP contribution is 2.24. The van der Waals surface area contributed by atoms with E-state index in [-0.39, 0.29) is 18.0 Å². The molecule has 1 unspecified atom stereocenters. The first kappa shape index (κ1) is 11.9. The van der Waals surface area contributed by atoms with Gasteiger partial charge in [0.25, 0.3) is 0 Å². The van der Waals surface area contributed by atoms with E-state index in [0.29, 0.717) is 13.2 Å². The molecule has 2 rings (SSSR count). The van der Waals surface area contributed by atoms with Gasteiger partial charge in [-0.2, -0.15) is 0 Å². The second kappa shape index (κ2) is 4.71. The van der Waals surface area contributed by atoms with Gasteiger partial charge in [0.2, 0.25) is 0 Å². The lowest BCUT2D eigenvalue weighted by Gasteiger charge is -2.08. The maximum Gasteiger partial charge on any atom is 0.407 e. The van der Waals surface area contributed by atoms with Gasteiger partial charge >= 0.3 is 6.09 Å². The summed E-state index contributed by atoms with van der Waals surface area (Å²) in [5.74, 6) is -0.308. The van der Waals surface area contributed by atoms with Gasteiger partial charge in [0.1, 0.15) is 18.0 Å². The Hall–Kier alpha value is -1.62. The van der Waals surface area contributed by atoms with Gasteiger partial charge in [-0.15, -0.1) is 0 Å². The van der Waals surface area contributed by atoms with Crippen molar-refractivity contribution in [1.82, 2.24) is 5.32 Å². The minimum Gasteiger partial charge on any atom is -0.445 e. The third-order valence-electron chi connectivity index (χ3n) is 2.53. The number of benzene rings is 1. The van der Waals surface area contributed by atoms with E-state index < -0.39 is 6.09 Å². The Labute approximate surface area is 98.7 Å². The molecule has 1 aliphatic rings. The first-order chi connectivity index (χ1) is 8.07. The van der Waals surface area contributed by atoms with Crippen molar-refractivity contribution in [1.29, 1.82) is 0 Å². The highest BCUT2D eigenvalue weighted by atomic mass is 19.1. The van der Waals surface area contributed by atoms with Crippen LogP contribution in [0.4, 0.5) is 9.18 Å². The summed E-state index contributed by atoms with van der Waals surface area (Å²) in [6, 6.07) is 5.81. The number of carbonyl (C=O) groups excluding carboxylic acids is 1. The minimum absolute atomic E-state index is 0.129. The van der Waals surface area contributed by atoms with E-state index in [1.165, 1.54) is 12.1 Å². The number of ether oxygens (including phenoxy) is 2. The molecule has 1 fully saturated rings. The molecule has 1 saturated heterocycles. The van der Waals surface area contributed by atoms with E-state index in [1.54, 1.807) is 12.1 Å². The Balaban J connectivity index is 1.70. The van der Waals surface area contributed by atoms with Crippen LogP contribution in [-0.2, 0) is 16.1 Å². The molecule has 5 heteroatoms. The molecular formula is C12H14FNO3. The molecule has 1 N–H and O–H groups in total. The van der Waals surface area contributed by atoms with Crippen molar-refractivity contribution in [3.63, 3.8) is 0 Å². The number of rotatable bonds is 4. The fourth-order valence-corrected chi connectivity index (χ4v) is 1.26. The van der Waals surface area contributed by atoms with Crippen LogP contribution in [-0.4, -0.2) is 24.8 Å². The van der Waals surface area contributed by atoms with Gasteiger partial charge in [-0.25, -0.2) is 9.18 Å². The molecule has 0 radical (unpaired) electrons. The molecule has 1 atom stereocenters. The van der Waals surface area contributed by atoms with Gasteiger partial charge < -0.3 is 14.8 Å². The number of nitrogens with one attached hydrogen (secondary N) is 1. The van der Waals surface area contributed by atoms with Gasteiger partial charge in [0, 0.05) is 0 Å². The molecule has 0 aliphatic carbocycles.